The number of halogens is 3. The fraction of sp³-hybridized carbons (Fsp3) is 0.556. The third-order valence-electron chi connectivity index (χ3n) is 2.14. The Bertz CT molecular complexity index is 472. The molecule has 4 nitrogen and oxygen atoms in total. The predicted molar refractivity (Wildman–Crippen MR) is 55.6 cm³/mol. The van der Waals surface area contributed by atoms with Gasteiger partial charge in [0.25, 0.3) is 5.56 Å². The Balaban J connectivity index is 2.03. The lowest BCUT2D eigenvalue weighted by molar-refractivity contribution is -0.177. The van der Waals surface area contributed by atoms with Gasteiger partial charge >= 0.3 is 6.18 Å². The first-order valence-electron chi connectivity index (χ1n) is 4.79. The number of aromatic nitrogens is 2. The van der Waals surface area contributed by atoms with Gasteiger partial charge in [0.15, 0.2) is 0 Å². The van der Waals surface area contributed by atoms with Crippen LogP contribution in [-0.2, 0) is 22.8 Å². The van der Waals surface area contributed by atoms with E-state index in [2.05, 4.69) is 14.7 Å². The van der Waals surface area contributed by atoms with Crippen molar-refractivity contribution in [3.8, 4) is 0 Å². The predicted octanol–water partition coefficient (Wildman–Crippen LogP) is 1.60. The van der Waals surface area contributed by atoms with Crippen LogP contribution in [0.2, 0.25) is 0 Å². The van der Waals surface area contributed by atoms with Crippen LogP contribution < -0.4 is 5.56 Å². The van der Waals surface area contributed by atoms with Gasteiger partial charge in [-0.15, -0.1) is 0 Å². The van der Waals surface area contributed by atoms with Gasteiger partial charge in [0.1, 0.15) is 19.0 Å². The summed E-state index contributed by atoms with van der Waals surface area (Å²) < 4.78 is 39.9. The summed E-state index contributed by atoms with van der Waals surface area (Å²) in [5.74, 6) is 1.35. The number of fused-ring (bicyclic) bond motifs is 1. The van der Waals surface area contributed by atoms with Gasteiger partial charge in [-0.05, 0) is 0 Å². The molecule has 8 heteroatoms. The molecular formula is C9H9F3N2O2S. The van der Waals surface area contributed by atoms with Crippen LogP contribution in [0, 0.1) is 0 Å². The quantitative estimate of drug-likeness (QED) is 0.902. The molecule has 1 aliphatic heterocycles. The van der Waals surface area contributed by atoms with Crippen LogP contribution in [0.25, 0.3) is 0 Å². The number of thioether (sulfide) groups is 1. The van der Waals surface area contributed by atoms with Crippen molar-refractivity contribution < 1.29 is 17.9 Å². The Labute approximate surface area is 98.6 Å². The van der Waals surface area contributed by atoms with E-state index in [-0.39, 0.29) is 18.0 Å². The molecule has 1 aromatic rings. The monoisotopic (exact) mass is 266 g/mol. The van der Waals surface area contributed by atoms with Crippen LogP contribution in [0.5, 0.6) is 0 Å². The van der Waals surface area contributed by atoms with Crippen molar-refractivity contribution in [2.24, 2.45) is 0 Å². The molecule has 0 unspecified atom stereocenters. The Morgan fingerprint density at radius 3 is 2.88 bits per heavy atom. The summed E-state index contributed by atoms with van der Waals surface area (Å²) in [4.78, 5) is 18.0. The van der Waals surface area contributed by atoms with E-state index in [0.29, 0.717) is 22.8 Å². The highest BCUT2D eigenvalue weighted by Gasteiger charge is 2.27. The zero-order chi connectivity index (χ0) is 12.5. The minimum atomic E-state index is -4.37. The fourth-order valence-corrected chi connectivity index (χ4v) is 2.48. The Kier molecular flexibility index (Phi) is 3.43. The molecule has 1 N–H and O–H groups in total. The molecule has 0 spiro atoms. The summed E-state index contributed by atoms with van der Waals surface area (Å²) in [5.41, 5.74) is 0.963. The molecule has 0 bridgehead atoms. The second-order valence-electron chi connectivity index (χ2n) is 3.54. The molecular weight excluding hydrogens is 257 g/mol. The number of hydrogen-bond acceptors (Lipinski definition) is 4. The second-order valence-corrected chi connectivity index (χ2v) is 4.52. The summed E-state index contributed by atoms with van der Waals surface area (Å²) in [7, 11) is 0. The van der Waals surface area contributed by atoms with Crippen LogP contribution >= 0.6 is 11.8 Å². The van der Waals surface area contributed by atoms with Gasteiger partial charge in [-0.1, -0.05) is 0 Å². The second kappa shape index (κ2) is 4.69. The van der Waals surface area contributed by atoms with Crippen molar-refractivity contribution in [3.63, 3.8) is 0 Å². The average Bonchev–Trinajstić information content (AvgIpc) is 2.64. The topological polar surface area (TPSA) is 55.0 Å². The van der Waals surface area contributed by atoms with Crippen LogP contribution in [0.1, 0.15) is 17.1 Å². The van der Waals surface area contributed by atoms with E-state index in [0.717, 1.165) is 0 Å². The standard InChI is InChI=1S/C9H9F3N2O2S/c10-9(11,12)4-16-1-7-13-6-3-17-2-5(6)8(15)14-7/h1-4H2,(H,13,14,15). The van der Waals surface area contributed by atoms with Gasteiger partial charge in [0.2, 0.25) is 0 Å². The van der Waals surface area contributed by atoms with E-state index in [1.807, 2.05) is 0 Å². The molecule has 17 heavy (non-hydrogen) atoms. The molecule has 0 radical (unpaired) electrons. The molecule has 0 saturated heterocycles. The average molecular weight is 266 g/mol. The highest BCUT2D eigenvalue weighted by molar-refractivity contribution is 7.98. The third kappa shape index (κ3) is 3.22. The van der Waals surface area contributed by atoms with Gasteiger partial charge < -0.3 is 9.72 Å². The van der Waals surface area contributed by atoms with Gasteiger partial charge in [-0.2, -0.15) is 24.9 Å². The molecule has 1 aliphatic rings. The number of aromatic amines is 1. The maximum absolute atomic E-state index is 11.8. The van der Waals surface area contributed by atoms with Crippen molar-refractivity contribution >= 4 is 11.8 Å². The molecule has 0 aliphatic carbocycles. The molecule has 0 amide bonds. The molecule has 1 aromatic heterocycles. The van der Waals surface area contributed by atoms with E-state index in [1.54, 1.807) is 11.8 Å². The van der Waals surface area contributed by atoms with Gasteiger partial charge in [0, 0.05) is 17.1 Å². The summed E-state index contributed by atoms with van der Waals surface area (Å²) in [6.07, 6.45) is -4.37. The summed E-state index contributed by atoms with van der Waals surface area (Å²) in [6.45, 7) is -1.69. The van der Waals surface area contributed by atoms with Gasteiger partial charge in [0.05, 0.1) is 5.69 Å². The lowest BCUT2D eigenvalue weighted by Crippen LogP contribution is -2.20. The Morgan fingerprint density at radius 2 is 2.18 bits per heavy atom. The van der Waals surface area contributed by atoms with Gasteiger partial charge in [-0.25, -0.2) is 4.98 Å². The van der Waals surface area contributed by atoms with E-state index in [4.69, 9.17) is 0 Å². The first kappa shape index (κ1) is 12.4. The molecule has 94 valence electrons. The largest absolute Gasteiger partial charge is 0.411 e. The van der Waals surface area contributed by atoms with Crippen molar-refractivity contribution in [2.75, 3.05) is 6.61 Å². The fourth-order valence-electron chi connectivity index (χ4n) is 1.45. The molecule has 0 saturated carbocycles. The first-order valence-corrected chi connectivity index (χ1v) is 5.94. The van der Waals surface area contributed by atoms with Gasteiger partial charge in [-0.3, -0.25) is 4.79 Å². The number of ether oxygens (including phenoxy) is 1. The van der Waals surface area contributed by atoms with Crippen LogP contribution in [0.4, 0.5) is 13.2 Å². The smallest absolute Gasteiger partial charge is 0.364 e. The normalized spacial score (nSPS) is 15.0. The third-order valence-corrected chi connectivity index (χ3v) is 3.11. The van der Waals surface area contributed by atoms with E-state index < -0.39 is 12.8 Å². The number of alkyl halides is 3. The molecule has 0 atom stereocenters. The zero-order valence-electron chi connectivity index (χ0n) is 8.63. The van der Waals surface area contributed by atoms with Crippen molar-refractivity contribution in [3.05, 3.63) is 27.4 Å². The minimum absolute atomic E-state index is 0.139. The number of nitrogens with zero attached hydrogens (tertiary/aromatic N) is 1. The first-order chi connectivity index (χ1) is 7.96. The van der Waals surface area contributed by atoms with Crippen molar-refractivity contribution in [1.82, 2.24) is 9.97 Å². The van der Waals surface area contributed by atoms with E-state index >= 15 is 0 Å². The minimum Gasteiger partial charge on any atom is -0.364 e. The maximum Gasteiger partial charge on any atom is 0.411 e. The van der Waals surface area contributed by atoms with Crippen LogP contribution in [0.15, 0.2) is 4.79 Å². The number of H-pyrrole nitrogens is 1. The van der Waals surface area contributed by atoms with Crippen LogP contribution in [-0.4, -0.2) is 22.8 Å². The maximum atomic E-state index is 11.8. The lowest BCUT2D eigenvalue weighted by atomic mass is 10.3. The molecule has 2 heterocycles. The molecule has 2 rings (SSSR count). The van der Waals surface area contributed by atoms with E-state index in [1.165, 1.54) is 0 Å². The summed E-state index contributed by atoms with van der Waals surface area (Å²) in [5, 5.41) is 0. The Hall–Kier alpha value is -1.02. The van der Waals surface area contributed by atoms with Crippen molar-refractivity contribution in [2.45, 2.75) is 24.3 Å². The van der Waals surface area contributed by atoms with Crippen molar-refractivity contribution in [1.29, 1.82) is 0 Å². The highest BCUT2D eigenvalue weighted by Crippen LogP contribution is 2.25. The molecule has 0 fully saturated rings. The number of nitrogens with one attached hydrogen (secondary N) is 1. The zero-order valence-corrected chi connectivity index (χ0v) is 9.45. The number of rotatable bonds is 3. The summed E-state index contributed by atoms with van der Waals surface area (Å²) >= 11 is 1.55. The summed E-state index contributed by atoms with van der Waals surface area (Å²) in [6, 6.07) is 0. The SMILES string of the molecule is O=c1[nH]c(COCC(F)(F)F)nc2c1CSC2. The highest BCUT2D eigenvalue weighted by atomic mass is 32.2. The van der Waals surface area contributed by atoms with E-state index in [9.17, 15) is 18.0 Å². The molecule has 0 aromatic carbocycles. The lowest BCUT2D eigenvalue weighted by Gasteiger charge is -2.07. The Morgan fingerprint density at radius 1 is 1.41 bits per heavy atom. The number of hydrogen-bond donors (Lipinski definition) is 1. The van der Waals surface area contributed by atoms with Crippen LogP contribution in [0.3, 0.4) is 0 Å².